The molecule has 4 rings (SSSR count). The van der Waals surface area contributed by atoms with Crippen molar-refractivity contribution in [3.8, 4) is 0 Å². The number of hydrogen-bond acceptors (Lipinski definition) is 3. The predicted molar refractivity (Wildman–Crippen MR) is 103 cm³/mol. The first-order valence-corrected chi connectivity index (χ1v) is 9.08. The molecule has 3 amide bonds. The lowest BCUT2D eigenvalue weighted by Gasteiger charge is -2.47. The maximum absolute atomic E-state index is 13.3. The van der Waals surface area contributed by atoms with Gasteiger partial charge in [-0.15, -0.1) is 0 Å². The van der Waals surface area contributed by atoms with Crippen LogP contribution in [0.1, 0.15) is 23.2 Å². The summed E-state index contributed by atoms with van der Waals surface area (Å²) in [7, 11) is 1.54. The molecular formula is C19H15Cl2N3O3. The van der Waals surface area contributed by atoms with E-state index in [1.54, 1.807) is 42.5 Å². The van der Waals surface area contributed by atoms with E-state index in [1.165, 1.54) is 16.8 Å². The molecule has 1 atom stereocenters. The van der Waals surface area contributed by atoms with Gasteiger partial charge in [0.25, 0.3) is 11.8 Å². The van der Waals surface area contributed by atoms with E-state index < -0.39 is 11.6 Å². The summed E-state index contributed by atoms with van der Waals surface area (Å²) in [6.45, 7) is 0. The van der Waals surface area contributed by atoms with Crippen LogP contribution in [-0.4, -0.2) is 35.3 Å². The zero-order valence-electron chi connectivity index (χ0n) is 14.3. The molecule has 0 radical (unpaired) electrons. The number of nitrogens with zero attached hydrogens (tertiary/aromatic N) is 2. The van der Waals surface area contributed by atoms with E-state index in [0.29, 0.717) is 27.0 Å². The smallest absolute Gasteiger partial charge is 0.271 e. The highest BCUT2D eigenvalue weighted by Crippen LogP contribution is 2.44. The quantitative estimate of drug-likeness (QED) is 0.833. The number of carbonyl (C=O) groups is 3. The van der Waals surface area contributed by atoms with Crippen LogP contribution in [-0.2, 0) is 9.59 Å². The first-order chi connectivity index (χ1) is 12.8. The second-order valence-corrected chi connectivity index (χ2v) is 7.41. The summed E-state index contributed by atoms with van der Waals surface area (Å²) in [5.74, 6) is -1.01. The molecule has 8 heteroatoms. The van der Waals surface area contributed by atoms with E-state index in [1.807, 2.05) is 0 Å². The first kappa shape index (κ1) is 17.8. The third kappa shape index (κ3) is 2.59. The fourth-order valence-electron chi connectivity index (χ4n) is 3.79. The van der Waals surface area contributed by atoms with E-state index in [-0.39, 0.29) is 24.7 Å². The highest BCUT2D eigenvalue weighted by Gasteiger charge is 2.59. The van der Waals surface area contributed by atoms with Crippen molar-refractivity contribution in [2.75, 3.05) is 17.3 Å². The Bertz CT molecular complexity index is 974. The molecule has 0 aromatic heterocycles. The number of amides is 3. The molecule has 2 aliphatic rings. The molecule has 6 nitrogen and oxygen atoms in total. The number of hydrogen-bond donors (Lipinski definition) is 1. The van der Waals surface area contributed by atoms with Crippen LogP contribution in [0, 0.1) is 0 Å². The standard InChI is InChI=1S/C19H15Cl2N3O3/c1-23-17(26)14-4-2-3-5-15(14)24-16(25)6-7-19(23,24)18(27)22-13-9-11(20)8-12(21)10-13/h2-5,8-10H,6-7H2,1H3,(H,22,27). The van der Waals surface area contributed by atoms with Crippen LogP contribution in [0.5, 0.6) is 0 Å². The van der Waals surface area contributed by atoms with Gasteiger partial charge in [-0.25, -0.2) is 0 Å². The molecule has 1 saturated heterocycles. The van der Waals surface area contributed by atoms with E-state index in [2.05, 4.69) is 5.32 Å². The van der Waals surface area contributed by atoms with Gasteiger partial charge in [0.2, 0.25) is 11.6 Å². The van der Waals surface area contributed by atoms with Gasteiger partial charge >= 0.3 is 0 Å². The van der Waals surface area contributed by atoms with Gasteiger partial charge in [0, 0.05) is 35.6 Å². The Kier molecular flexibility index (Phi) is 4.13. The molecule has 2 aromatic carbocycles. The number of anilines is 2. The summed E-state index contributed by atoms with van der Waals surface area (Å²) < 4.78 is 0. The van der Waals surface area contributed by atoms with Gasteiger partial charge in [-0.05, 0) is 30.3 Å². The van der Waals surface area contributed by atoms with E-state index in [4.69, 9.17) is 23.2 Å². The van der Waals surface area contributed by atoms with Crippen molar-refractivity contribution in [1.82, 2.24) is 4.90 Å². The van der Waals surface area contributed by atoms with Crippen LogP contribution < -0.4 is 10.2 Å². The van der Waals surface area contributed by atoms with E-state index in [9.17, 15) is 14.4 Å². The molecule has 2 aromatic rings. The zero-order valence-corrected chi connectivity index (χ0v) is 15.8. The van der Waals surface area contributed by atoms with Gasteiger partial charge in [-0.3, -0.25) is 19.3 Å². The molecule has 27 heavy (non-hydrogen) atoms. The molecule has 0 aliphatic carbocycles. The van der Waals surface area contributed by atoms with Crippen LogP contribution in [0.4, 0.5) is 11.4 Å². The summed E-state index contributed by atoms with van der Waals surface area (Å²) in [5, 5.41) is 3.50. The molecule has 0 saturated carbocycles. The monoisotopic (exact) mass is 403 g/mol. The van der Waals surface area contributed by atoms with Crippen LogP contribution in [0.3, 0.4) is 0 Å². The average molecular weight is 404 g/mol. The van der Waals surface area contributed by atoms with Gasteiger partial charge in [0.1, 0.15) is 0 Å². The van der Waals surface area contributed by atoms with Gasteiger partial charge in [0.05, 0.1) is 11.3 Å². The minimum atomic E-state index is -1.43. The summed E-state index contributed by atoms with van der Waals surface area (Å²) in [6.07, 6.45) is 0.359. The van der Waals surface area contributed by atoms with Crippen LogP contribution in [0.15, 0.2) is 42.5 Å². The molecule has 138 valence electrons. The summed E-state index contributed by atoms with van der Waals surface area (Å²) in [5.41, 5.74) is -0.199. The molecule has 1 unspecified atom stereocenters. The average Bonchev–Trinajstić information content (AvgIpc) is 2.97. The van der Waals surface area contributed by atoms with Crippen molar-refractivity contribution < 1.29 is 14.4 Å². The van der Waals surface area contributed by atoms with Crippen molar-refractivity contribution in [3.05, 3.63) is 58.1 Å². The molecule has 1 N–H and O–H groups in total. The summed E-state index contributed by atoms with van der Waals surface area (Å²) >= 11 is 12.0. The number of nitrogens with one attached hydrogen (secondary N) is 1. The number of benzene rings is 2. The van der Waals surface area contributed by atoms with Gasteiger partial charge in [-0.1, -0.05) is 35.3 Å². The van der Waals surface area contributed by atoms with E-state index in [0.717, 1.165) is 0 Å². The van der Waals surface area contributed by atoms with Crippen LogP contribution >= 0.6 is 23.2 Å². The lowest BCUT2D eigenvalue weighted by atomic mass is 9.96. The number of halogens is 2. The number of likely N-dealkylation sites (N-methyl/N-ethyl adjacent to an activating group) is 1. The molecule has 2 heterocycles. The Hall–Kier alpha value is -2.57. The van der Waals surface area contributed by atoms with Crippen LogP contribution in [0.25, 0.3) is 0 Å². The lowest BCUT2D eigenvalue weighted by molar-refractivity contribution is -0.128. The Morgan fingerprint density at radius 2 is 1.78 bits per heavy atom. The molecule has 2 aliphatic heterocycles. The van der Waals surface area contributed by atoms with Crippen molar-refractivity contribution in [1.29, 1.82) is 0 Å². The topological polar surface area (TPSA) is 69.7 Å². The Morgan fingerprint density at radius 1 is 1.11 bits per heavy atom. The molecule has 0 bridgehead atoms. The maximum Gasteiger partial charge on any atom is 0.271 e. The minimum Gasteiger partial charge on any atom is -0.322 e. The first-order valence-electron chi connectivity index (χ1n) is 8.32. The Morgan fingerprint density at radius 3 is 2.48 bits per heavy atom. The Labute approximate surface area is 165 Å². The number of fused-ring (bicyclic) bond motifs is 3. The highest BCUT2D eigenvalue weighted by atomic mass is 35.5. The van der Waals surface area contributed by atoms with Crippen LogP contribution in [0.2, 0.25) is 10.0 Å². The van der Waals surface area contributed by atoms with Gasteiger partial charge in [0.15, 0.2) is 0 Å². The second-order valence-electron chi connectivity index (χ2n) is 6.54. The fourth-order valence-corrected chi connectivity index (χ4v) is 4.31. The third-order valence-electron chi connectivity index (χ3n) is 5.03. The zero-order chi connectivity index (χ0) is 19.3. The SMILES string of the molecule is CN1C(=O)c2ccccc2N2C(=O)CCC12C(=O)Nc1cc(Cl)cc(Cl)c1. The van der Waals surface area contributed by atoms with Crippen molar-refractivity contribution in [2.24, 2.45) is 0 Å². The predicted octanol–water partition coefficient (Wildman–Crippen LogP) is 3.54. The molecule has 0 spiro atoms. The highest BCUT2D eigenvalue weighted by molar-refractivity contribution is 6.35. The minimum absolute atomic E-state index is 0.162. The number of carbonyl (C=O) groups excluding carboxylic acids is 3. The van der Waals surface area contributed by atoms with Gasteiger partial charge in [-0.2, -0.15) is 0 Å². The van der Waals surface area contributed by atoms with Crippen molar-refractivity contribution in [2.45, 2.75) is 18.5 Å². The normalized spacial score (nSPS) is 21.1. The van der Waals surface area contributed by atoms with Crippen molar-refractivity contribution in [3.63, 3.8) is 0 Å². The Balaban J connectivity index is 1.81. The van der Waals surface area contributed by atoms with Gasteiger partial charge < -0.3 is 10.2 Å². The summed E-state index contributed by atoms with van der Waals surface area (Å²) in [4.78, 5) is 41.6. The fraction of sp³-hybridized carbons (Fsp3) is 0.211. The molecular weight excluding hydrogens is 389 g/mol. The number of rotatable bonds is 2. The number of para-hydroxylation sites is 1. The summed E-state index contributed by atoms with van der Waals surface area (Å²) in [6, 6.07) is 11.5. The van der Waals surface area contributed by atoms with E-state index >= 15 is 0 Å². The molecule has 1 fully saturated rings. The second kappa shape index (κ2) is 6.25. The lowest BCUT2D eigenvalue weighted by Crippen LogP contribution is -2.68. The largest absolute Gasteiger partial charge is 0.322 e. The third-order valence-corrected chi connectivity index (χ3v) is 5.46. The maximum atomic E-state index is 13.3. The van der Waals surface area contributed by atoms with Crippen molar-refractivity contribution >= 4 is 52.3 Å².